The van der Waals surface area contributed by atoms with Gasteiger partial charge in [-0.05, 0) is 142 Å². The number of nitrogens with one attached hydrogen (secondary N) is 1. The molecule has 1 saturated carbocycles. The third-order valence-electron chi connectivity index (χ3n) is 11.0. The lowest BCUT2D eigenvalue weighted by molar-refractivity contribution is 0.209. The minimum absolute atomic E-state index is 0.469. The highest BCUT2D eigenvalue weighted by Gasteiger charge is 2.32. The van der Waals surface area contributed by atoms with Crippen molar-refractivity contribution < 1.29 is 0 Å². The molecule has 1 aliphatic rings. The fourth-order valence-corrected chi connectivity index (χ4v) is 8.66. The minimum atomic E-state index is 0.469. The van der Waals surface area contributed by atoms with Gasteiger partial charge in [-0.15, -0.1) is 0 Å². The first-order valence-electron chi connectivity index (χ1n) is 19.0. The first-order chi connectivity index (χ1) is 24.9. The summed E-state index contributed by atoms with van der Waals surface area (Å²) in [6.07, 6.45) is 2.56. The van der Waals surface area contributed by atoms with E-state index in [1.165, 1.54) is 74.7 Å². The number of rotatable bonds is 11. The fourth-order valence-electron chi connectivity index (χ4n) is 8.66. The zero-order valence-electron chi connectivity index (χ0n) is 30.9. The maximum Gasteiger partial charge on any atom is 0.0638 e. The Bertz CT molecular complexity index is 1900. The molecule has 6 aromatic rings. The van der Waals surface area contributed by atoms with Crippen molar-refractivity contribution in [3.63, 3.8) is 0 Å². The van der Waals surface area contributed by atoms with E-state index in [0.717, 1.165) is 19.0 Å². The van der Waals surface area contributed by atoms with Crippen LogP contribution in [-0.4, -0.2) is 19.1 Å². The summed E-state index contributed by atoms with van der Waals surface area (Å²) in [6.45, 7) is 13.5. The maximum atomic E-state index is 4.05. The van der Waals surface area contributed by atoms with Gasteiger partial charge in [0.05, 0.1) is 39.7 Å². The molecule has 2 unspecified atom stereocenters. The minimum Gasteiger partial charge on any atom is -0.380 e. The molecule has 0 saturated heterocycles. The molecule has 0 bridgehead atoms. The van der Waals surface area contributed by atoms with Crippen molar-refractivity contribution in [3.05, 3.63) is 168 Å². The number of anilines is 5. The van der Waals surface area contributed by atoms with E-state index in [2.05, 4.69) is 195 Å². The van der Waals surface area contributed by atoms with Crippen LogP contribution in [0.3, 0.4) is 0 Å². The van der Waals surface area contributed by atoms with Crippen molar-refractivity contribution in [2.24, 2.45) is 17.8 Å². The van der Waals surface area contributed by atoms with Crippen LogP contribution in [0, 0.1) is 23.7 Å². The van der Waals surface area contributed by atoms with Crippen molar-refractivity contribution in [2.75, 3.05) is 28.2 Å². The number of benzene rings is 6. The summed E-state index contributed by atoms with van der Waals surface area (Å²) in [6, 6.07) is 53.8. The number of nitrogens with zero attached hydrogens (tertiary/aromatic N) is 2. The molecular weight excluding hydrogens is 619 g/mol. The Balaban J connectivity index is 1.30. The molecule has 1 fully saturated rings. The molecule has 0 radical (unpaired) electrons. The molecule has 51 heavy (non-hydrogen) atoms. The molecule has 3 heteroatoms. The fraction of sp³-hybridized carbons (Fsp3) is 0.271. The predicted molar refractivity (Wildman–Crippen MR) is 220 cm³/mol. The van der Waals surface area contributed by atoms with Crippen LogP contribution in [-0.2, 0) is 0 Å². The van der Waals surface area contributed by atoms with E-state index in [-0.39, 0.29) is 0 Å². The topological polar surface area (TPSA) is 18.5 Å². The van der Waals surface area contributed by atoms with Crippen LogP contribution >= 0.6 is 0 Å². The molecule has 2 atom stereocenters. The maximum absolute atomic E-state index is 4.05. The number of para-hydroxylation sites is 2. The van der Waals surface area contributed by atoms with E-state index >= 15 is 0 Å². The van der Waals surface area contributed by atoms with Gasteiger partial charge in [-0.25, -0.2) is 0 Å². The summed E-state index contributed by atoms with van der Waals surface area (Å²) in [5.74, 6) is 3.31. The van der Waals surface area contributed by atoms with Crippen molar-refractivity contribution in [3.8, 4) is 0 Å². The zero-order chi connectivity index (χ0) is 35.3. The Morgan fingerprint density at radius 1 is 0.510 bits per heavy atom. The first kappa shape index (κ1) is 34.3. The Morgan fingerprint density at radius 2 is 0.941 bits per heavy atom. The second kappa shape index (κ2) is 15.4. The molecule has 0 amide bonds. The lowest BCUT2D eigenvalue weighted by Crippen LogP contribution is -2.39. The van der Waals surface area contributed by atoms with E-state index < -0.39 is 0 Å². The Morgan fingerprint density at radius 3 is 1.41 bits per heavy atom. The summed E-state index contributed by atoms with van der Waals surface area (Å²) in [4.78, 5) is 4.73. The van der Waals surface area contributed by atoms with Crippen molar-refractivity contribution in [1.82, 2.24) is 0 Å². The molecular formula is C48H52N3+. The molecule has 0 heterocycles. The third kappa shape index (κ3) is 7.21. The van der Waals surface area contributed by atoms with E-state index in [4.69, 9.17) is 0 Å². The second-order valence-electron chi connectivity index (χ2n) is 14.5. The Hall–Kier alpha value is -5.15. The normalized spacial score (nSPS) is 18.7. The van der Waals surface area contributed by atoms with Gasteiger partial charge in [-0.3, -0.25) is 0 Å². The Labute approximate surface area is 306 Å². The molecule has 0 aliphatic heterocycles. The third-order valence-corrected chi connectivity index (χ3v) is 11.0. The SMILES string of the molecule is CCN(c1ccccc1)c1ccc([C+](c2ccc(N(CC)c3ccccc3)cc2)c2ccc(NC3C(C)CC(C)CC3C)c3ccccc23)cc1. The number of hydrogen-bond donors (Lipinski definition) is 1. The molecule has 0 aromatic heterocycles. The van der Waals surface area contributed by atoms with Gasteiger partial charge in [0.1, 0.15) is 0 Å². The van der Waals surface area contributed by atoms with Gasteiger partial charge in [0.25, 0.3) is 0 Å². The molecule has 1 aliphatic carbocycles. The van der Waals surface area contributed by atoms with E-state index in [1.54, 1.807) is 0 Å². The highest BCUT2D eigenvalue weighted by Crippen LogP contribution is 2.41. The van der Waals surface area contributed by atoms with Crippen LogP contribution in [0.25, 0.3) is 10.8 Å². The lowest BCUT2D eigenvalue weighted by Gasteiger charge is -2.39. The van der Waals surface area contributed by atoms with Crippen LogP contribution in [0.15, 0.2) is 146 Å². The van der Waals surface area contributed by atoms with Crippen LogP contribution in [0.4, 0.5) is 28.4 Å². The summed E-state index contributed by atoms with van der Waals surface area (Å²) in [7, 11) is 0. The Kier molecular flexibility index (Phi) is 10.4. The number of hydrogen-bond acceptors (Lipinski definition) is 3. The summed E-state index contributed by atoms with van der Waals surface area (Å²) in [5.41, 5.74) is 9.70. The van der Waals surface area contributed by atoms with Gasteiger partial charge >= 0.3 is 0 Å². The summed E-state index contributed by atoms with van der Waals surface area (Å²) in [5, 5.41) is 6.60. The van der Waals surface area contributed by atoms with Crippen molar-refractivity contribution in [2.45, 2.75) is 53.5 Å². The van der Waals surface area contributed by atoms with Crippen LogP contribution in [0.5, 0.6) is 0 Å². The second-order valence-corrected chi connectivity index (χ2v) is 14.5. The predicted octanol–water partition coefficient (Wildman–Crippen LogP) is 12.7. The summed E-state index contributed by atoms with van der Waals surface area (Å²) >= 11 is 0. The molecule has 258 valence electrons. The molecule has 7 rings (SSSR count). The van der Waals surface area contributed by atoms with Crippen LogP contribution in [0.1, 0.15) is 64.2 Å². The van der Waals surface area contributed by atoms with E-state index in [1.807, 2.05) is 0 Å². The molecule has 6 aromatic carbocycles. The van der Waals surface area contributed by atoms with Crippen molar-refractivity contribution >= 4 is 39.2 Å². The quantitative estimate of drug-likeness (QED) is 0.109. The van der Waals surface area contributed by atoms with E-state index in [9.17, 15) is 0 Å². The van der Waals surface area contributed by atoms with Gasteiger partial charge in [-0.2, -0.15) is 0 Å². The van der Waals surface area contributed by atoms with Crippen LogP contribution < -0.4 is 15.1 Å². The average Bonchev–Trinajstić information content (AvgIpc) is 3.16. The van der Waals surface area contributed by atoms with Gasteiger partial charge in [0, 0.05) is 41.3 Å². The highest BCUT2D eigenvalue weighted by atomic mass is 15.1. The smallest absolute Gasteiger partial charge is 0.0638 e. The molecule has 1 N–H and O–H groups in total. The molecule has 3 nitrogen and oxygen atoms in total. The lowest BCUT2D eigenvalue weighted by atomic mass is 9.73. The monoisotopic (exact) mass is 670 g/mol. The zero-order valence-corrected chi connectivity index (χ0v) is 30.9. The number of fused-ring (bicyclic) bond motifs is 1. The molecule has 0 spiro atoms. The van der Waals surface area contributed by atoms with Gasteiger partial charge in [0.15, 0.2) is 0 Å². The summed E-state index contributed by atoms with van der Waals surface area (Å²) < 4.78 is 0. The van der Waals surface area contributed by atoms with Gasteiger partial charge in [-0.1, -0.05) is 69.3 Å². The largest absolute Gasteiger partial charge is 0.380 e. The van der Waals surface area contributed by atoms with Crippen molar-refractivity contribution in [1.29, 1.82) is 0 Å². The van der Waals surface area contributed by atoms with E-state index in [0.29, 0.717) is 17.9 Å². The highest BCUT2D eigenvalue weighted by molar-refractivity contribution is 5.98. The average molecular weight is 671 g/mol. The standard InChI is InChI=1S/C48H52N3/c1-6-50(39-16-10-8-11-17-39)41-26-22-37(23-27-41)47(38-24-28-42(29-25-38)51(7-2)40-18-12-9-13-19-40)45-30-31-46(44-21-15-14-20-43(44)45)49-48-35(4)32-34(3)33-36(48)5/h8-31,34-36,48-49H,6-7,32-33H2,1-5H3/q+1. The van der Waals surface area contributed by atoms with Gasteiger partial charge in [0.2, 0.25) is 0 Å². The van der Waals surface area contributed by atoms with Gasteiger partial charge < -0.3 is 15.1 Å². The van der Waals surface area contributed by atoms with Crippen LogP contribution in [0.2, 0.25) is 0 Å². The first-order valence-corrected chi connectivity index (χ1v) is 19.0.